The first-order chi connectivity index (χ1) is 8.46. The summed E-state index contributed by atoms with van der Waals surface area (Å²) in [6.45, 7) is 8.30. The molecular weight excluding hydrogens is 262 g/mol. The molecule has 0 aromatic carbocycles. The molecule has 102 valence electrons. The standard InChI is InChI=1S/C13H23N3S2/c1-10-6-7-11(18-10)8-15-12(14-4)16-9-13(2,3)17-5/h6-7H,8-9H2,1-5H3,(H2,14,15,16). The van der Waals surface area contributed by atoms with Crippen molar-refractivity contribution in [3.63, 3.8) is 0 Å². The van der Waals surface area contributed by atoms with E-state index in [1.165, 1.54) is 9.75 Å². The van der Waals surface area contributed by atoms with Gasteiger partial charge in [-0.3, -0.25) is 4.99 Å². The highest BCUT2D eigenvalue weighted by molar-refractivity contribution is 7.99. The average molecular weight is 285 g/mol. The lowest BCUT2D eigenvalue weighted by Crippen LogP contribution is -2.42. The Morgan fingerprint density at radius 1 is 1.39 bits per heavy atom. The van der Waals surface area contributed by atoms with Gasteiger partial charge in [0.25, 0.3) is 0 Å². The van der Waals surface area contributed by atoms with E-state index in [1.54, 1.807) is 7.05 Å². The first kappa shape index (κ1) is 15.4. The Hall–Kier alpha value is -0.680. The van der Waals surface area contributed by atoms with Gasteiger partial charge in [-0.1, -0.05) is 0 Å². The summed E-state index contributed by atoms with van der Waals surface area (Å²) in [7, 11) is 1.81. The smallest absolute Gasteiger partial charge is 0.191 e. The van der Waals surface area contributed by atoms with Crippen molar-refractivity contribution in [1.29, 1.82) is 0 Å². The summed E-state index contributed by atoms with van der Waals surface area (Å²) in [4.78, 5) is 6.92. The zero-order chi connectivity index (χ0) is 13.6. The molecule has 0 amide bonds. The second kappa shape index (κ2) is 7.04. The number of nitrogens with zero attached hydrogens (tertiary/aromatic N) is 1. The molecule has 0 bridgehead atoms. The molecule has 0 spiro atoms. The zero-order valence-electron chi connectivity index (χ0n) is 11.8. The predicted molar refractivity (Wildman–Crippen MR) is 84.9 cm³/mol. The first-order valence-corrected chi connectivity index (χ1v) is 8.06. The lowest BCUT2D eigenvalue weighted by Gasteiger charge is -2.23. The number of guanidine groups is 1. The number of hydrogen-bond acceptors (Lipinski definition) is 3. The van der Waals surface area contributed by atoms with Crippen molar-refractivity contribution in [1.82, 2.24) is 10.6 Å². The molecule has 0 radical (unpaired) electrons. The summed E-state index contributed by atoms with van der Waals surface area (Å²) in [6, 6.07) is 4.31. The van der Waals surface area contributed by atoms with Crippen LogP contribution >= 0.6 is 23.1 Å². The molecule has 1 aromatic heterocycles. The number of thioether (sulfide) groups is 1. The van der Waals surface area contributed by atoms with Gasteiger partial charge in [0.05, 0.1) is 6.54 Å². The molecule has 0 atom stereocenters. The molecule has 0 aliphatic rings. The number of aryl methyl sites for hydroxylation is 1. The zero-order valence-corrected chi connectivity index (χ0v) is 13.5. The van der Waals surface area contributed by atoms with Gasteiger partial charge < -0.3 is 10.6 Å². The Morgan fingerprint density at radius 3 is 2.61 bits per heavy atom. The summed E-state index contributed by atoms with van der Waals surface area (Å²) in [6.07, 6.45) is 2.13. The van der Waals surface area contributed by atoms with Crippen molar-refractivity contribution in [2.24, 2.45) is 4.99 Å². The number of aliphatic imine (C=N–C) groups is 1. The van der Waals surface area contributed by atoms with Crippen molar-refractivity contribution >= 4 is 29.1 Å². The van der Waals surface area contributed by atoms with Crippen LogP contribution in [0, 0.1) is 6.92 Å². The van der Waals surface area contributed by atoms with Crippen LogP contribution in [0.5, 0.6) is 0 Å². The molecule has 1 rings (SSSR count). The second-order valence-corrected chi connectivity index (χ2v) is 7.64. The molecule has 1 heterocycles. The number of hydrogen-bond donors (Lipinski definition) is 2. The van der Waals surface area contributed by atoms with Crippen molar-refractivity contribution in [3.05, 3.63) is 21.9 Å². The Balaban J connectivity index is 2.39. The molecule has 0 aliphatic heterocycles. The minimum atomic E-state index is 0.219. The van der Waals surface area contributed by atoms with Gasteiger partial charge in [0.1, 0.15) is 0 Å². The fourth-order valence-corrected chi connectivity index (χ4v) is 2.39. The molecule has 5 heteroatoms. The Morgan fingerprint density at radius 2 is 2.11 bits per heavy atom. The van der Waals surface area contributed by atoms with E-state index in [-0.39, 0.29) is 4.75 Å². The largest absolute Gasteiger partial charge is 0.355 e. The molecule has 0 aliphatic carbocycles. The fraction of sp³-hybridized carbons (Fsp3) is 0.615. The van der Waals surface area contributed by atoms with Crippen LogP contribution in [0.4, 0.5) is 0 Å². The van der Waals surface area contributed by atoms with Gasteiger partial charge >= 0.3 is 0 Å². The third kappa shape index (κ3) is 5.31. The van der Waals surface area contributed by atoms with Gasteiger partial charge in [-0.05, 0) is 39.2 Å². The molecule has 1 aromatic rings. The number of rotatable bonds is 5. The maximum atomic E-state index is 4.24. The highest BCUT2D eigenvalue weighted by atomic mass is 32.2. The molecule has 3 nitrogen and oxygen atoms in total. The van der Waals surface area contributed by atoms with E-state index in [0.29, 0.717) is 0 Å². The third-order valence-corrected chi connectivity index (χ3v) is 4.93. The van der Waals surface area contributed by atoms with E-state index in [9.17, 15) is 0 Å². The third-order valence-electron chi connectivity index (χ3n) is 2.68. The minimum Gasteiger partial charge on any atom is -0.355 e. The van der Waals surface area contributed by atoms with E-state index in [0.717, 1.165) is 19.0 Å². The van der Waals surface area contributed by atoms with Gasteiger partial charge in [-0.2, -0.15) is 11.8 Å². The Bertz CT molecular complexity index is 397. The summed E-state index contributed by atoms with van der Waals surface area (Å²) >= 11 is 3.67. The molecule has 0 unspecified atom stereocenters. The normalized spacial score (nSPS) is 12.6. The van der Waals surface area contributed by atoms with Gasteiger partial charge in [0.15, 0.2) is 5.96 Å². The first-order valence-electron chi connectivity index (χ1n) is 6.02. The molecule has 0 fully saturated rings. The SMILES string of the molecule is CN=C(NCc1ccc(C)s1)NCC(C)(C)SC. The van der Waals surface area contributed by atoms with Crippen LogP contribution in [0.1, 0.15) is 23.6 Å². The maximum absolute atomic E-state index is 4.24. The van der Waals surface area contributed by atoms with E-state index in [1.807, 2.05) is 23.1 Å². The van der Waals surface area contributed by atoms with Gasteiger partial charge in [-0.25, -0.2) is 0 Å². The van der Waals surface area contributed by atoms with Crippen LogP contribution in [-0.4, -0.2) is 30.6 Å². The van der Waals surface area contributed by atoms with Crippen LogP contribution in [0.3, 0.4) is 0 Å². The van der Waals surface area contributed by atoms with Crippen LogP contribution in [0.25, 0.3) is 0 Å². The van der Waals surface area contributed by atoms with Crippen molar-refractivity contribution in [2.75, 3.05) is 19.8 Å². The topological polar surface area (TPSA) is 36.4 Å². The molecular formula is C13H23N3S2. The van der Waals surface area contributed by atoms with Gasteiger partial charge in [-0.15, -0.1) is 11.3 Å². The molecule has 0 saturated carbocycles. The van der Waals surface area contributed by atoms with Crippen molar-refractivity contribution in [2.45, 2.75) is 32.1 Å². The van der Waals surface area contributed by atoms with E-state index < -0.39 is 0 Å². The van der Waals surface area contributed by atoms with E-state index in [2.05, 4.69) is 54.8 Å². The van der Waals surface area contributed by atoms with Crippen LogP contribution in [-0.2, 0) is 6.54 Å². The monoisotopic (exact) mass is 285 g/mol. The number of thiophene rings is 1. The Labute approximate surface area is 118 Å². The predicted octanol–water partition coefficient (Wildman–Crippen LogP) is 2.86. The fourth-order valence-electron chi connectivity index (χ4n) is 1.34. The number of nitrogens with one attached hydrogen (secondary N) is 2. The molecule has 2 N–H and O–H groups in total. The highest BCUT2D eigenvalue weighted by Gasteiger charge is 2.15. The van der Waals surface area contributed by atoms with E-state index >= 15 is 0 Å². The molecule has 18 heavy (non-hydrogen) atoms. The molecule has 0 saturated heterocycles. The minimum absolute atomic E-state index is 0.219. The quantitative estimate of drug-likeness (QED) is 0.645. The van der Waals surface area contributed by atoms with E-state index in [4.69, 9.17) is 0 Å². The van der Waals surface area contributed by atoms with Crippen LogP contribution in [0.2, 0.25) is 0 Å². The van der Waals surface area contributed by atoms with Crippen LogP contribution < -0.4 is 10.6 Å². The Kier molecular flexibility index (Phi) is 6.02. The average Bonchev–Trinajstić information content (AvgIpc) is 2.75. The summed E-state index contributed by atoms with van der Waals surface area (Å²) in [5, 5.41) is 6.70. The van der Waals surface area contributed by atoms with Gasteiger partial charge in [0.2, 0.25) is 0 Å². The lowest BCUT2D eigenvalue weighted by molar-refractivity contribution is 0.665. The second-order valence-electron chi connectivity index (χ2n) is 4.76. The summed E-state index contributed by atoms with van der Waals surface area (Å²) in [5.74, 6) is 0.864. The summed E-state index contributed by atoms with van der Waals surface area (Å²) in [5.41, 5.74) is 0. The maximum Gasteiger partial charge on any atom is 0.191 e. The van der Waals surface area contributed by atoms with Crippen molar-refractivity contribution in [3.8, 4) is 0 Å². The van der Waals surface area contributed by atoms with Gasteiger partial charge in [0, 0.05) is 28.1 Å². The van der Waals surface area contributed by atoms with Crippen molar-refractivity contribution < 1.29 is 0 Å². The lowest BCUT2D eigenvalue weighted by atomic mass is 10.2. The highest BCUT2D eigenvalue weighted by Crippen LogP contribution is 2.19. The summed E-state index contributed by atoms with van der Waals surface area (Å²) < 4.78 is 0.219. The van der Waals surface area contributed by atoms with Crippen LogP contribution in [0.15, 0.2) is 17.1 Å².